The van der Waals surface area contributed by atoms with Gasteiger partial charge >= 0.3 is 5.97 Å². The number of nitriles is 1. The van der Waals surface area contributed by atoms with Crippen LogP contribution in [0.3, 0.4) is 0 Å². The summed E-state index contributed by atoms with van der Waals surface area (Å²) in [4.78, 5) is 19.0. The van der Waals surface area contributed by atoms with E-state index in [1.165, 1.54) is 13.4 Å². The van der Waals surface area contributed by atoms with Crippen molar-refractivity contribution in [3.05, 3.63) is 35.4 Å². The Hall–Kier alpha value is -2.22. The van der Waals surface area contributed by atoms with Crippen molar-refractivity contribution in [2.24, 2.45) is 0 Å². The van der Waals surface area contributed by atoms with Gasteiger partial charge in [0.2, 0.25) is 0 Å². The maximum atomic E-state index is 11.2. The molecule has 0 N–H and O–H groups in total. The zero-order chi connectivity index (χ0) is 12.0. The largest absolute Gasteiger partial charge is 0.465 e. The van der Waals surface area contributed by atoms with E-state index in [0.29, 0.717) is 12.0 Å². The van der Waals surface area contributed by atoms with Crippen molar-refractivity contribution in [2.45, 2.75) is 13.3 Å². The Labute approximate surface area is 93.4 Å². The standard InChI is InChI=1S/C11H11N3O2/c1-8(10(4-12)11(15)16-2)3-9-5-13-7-14-6-9/h5-7H,3H2,1-2H3/b10-8+. The fourth-order valence-corrected chi connectivity index (χ4v) is 1.23. The zero-order valence-electron chi connectivity index (χ0n) is 9.10. The molecule has 0 aliphatic heterocycles. The third-order valence-electron chi connectivity index (χ3n) is 2.01. The van der Waals surface area contributed by atoms with Crippen LogP contribution in [0.15, 0.2) is 29.9 Å². The third kappa shape index (κ3) is 2.89. The quantitative estimate of drug-likeness (QED) is 0.429. The number of hydrogen-bond acceptors (Lipinski definition) is 5. The second kappa shape index (κ2) is 5.61. The second-order valence-electron chi connectivity index (χ2n) is 3.18. The molecule has 5 heteroatoms. The lowest BCUT2D eigenvalue weighted by Gasteiger charge is -2.03. The van der Waals surface area contributed by atoms with Crippen LogP contribution in [0, 0.1) is 11.3 Å². The van der Waals surface area contributed by atoms with Gasteiger partial charge in [-0.3, -0.25) is 0 Å². The van der Waals surface area contributed by atoms with Crippen LogP contribution < -0.4 is 0 Å². The number of methoxy groups -OCH3 is 1. The molecule has 82 valence electrons. The van der Waals surface area contributed by atoms with E-state index in [4.69, 9.17) is 5.26 Å². The minimum atomic E-state index is -0.614. The molecule has 1 heterocycles. The number of esters is 1. The molecular weight excluding hydrogens is 206 g/mol. The van der Waals surface area contributed by atoms with E-state index in [9.17, 15) is 4.79 Å². The number of aromatic nitrogens is 2. The molecule has 0 saturated carbocycles. The molecule has 1 aromatic heterocycles. The summed E-state index contributed by atoms with van der Waals surface area (Å²) in [6.07, 6.45) is 5.17. The van der Waals surface area contributed by atoms with Crippen molar-refractivity contribution in [3.8, 4) is 6.07 Å². The highest BCUT2D eigenvalue weighted by Gasteiger charge is 2.12. The summed E-state index contributed by atoms with van der Waals surface area (Å²) < 4.78 is 4.51. The Morgan fingerprint density at radius 3 is 2.62 bits per heavy atom. The molecule has 0 unspecified atom stereocenters. The van der Waals surface area contributed by atoms with E-state index in [2.05, 4.69) is 14.7 Å². The molecule has 1 aromatic rings. The average molecular weight is 217 g/mol. The number of carbonyl (C=O) groups excluding carboxylic acids is 1. The topological polar surface area (TPSA) is 75.9 Å². The van der Waals surface area contributed by atoms with Gasteiger partial charge in [-0.2, -0.15) is 5.26 Å². The van der Waals surface area contributed by atoms with Crippen LogP contribution in [0.5, 0.6) is 0 Å². The Morgan fingerprint density at radius 2 is 2.12 bits per heavy atom. The van der Waals surface area contributed by atoms with Crippen molar-refractivity contribution in [1.82, 2.24) is 9.97 Å². The van der Waals surface area contributed by atoms with Crippen molar-refractivity contribution in [3.63, 3.8) is 0 Å². The first-order valence-corrected chi connectivity index (χ1v) is 4.61. The monoisotopic (exact) mass is 217 g/mol. The van der Waals surface area contributed by atoms with Crippen LogP contribution in [0.2, 0.25) is 0 Å². The van der Waals surface area contributed by atoms with Gasteiger partial charge in [0, 0.05) is 12.4 Å². The van der Waals surface area contributed by atoms with Crippen molar-refractivity contribution in [2.75, 3.05) is 7.11 Å². The first-order valence-electron chi connectivity index (χ1n) is 4.61. The number of hydrogen-bond donors (Lipinski definition) is 0. The third-order valence-corrected chi connectivity index (χ3v) is 2.01. The summed E-state index contributed by atoms with van der Waals surface area (Å²) in [6, 6.07) is 1.84. The fraction of sp³-hybridized carbons (Fsp3) is 0.273. The molecular formula is C11H11N3O2. The lowest BCUT2D eigenvalue weighted by atomic mass is 10.0. The molecule has 1 rings (SSSR count). The number of allylic oxidation sites excluding steroid dienone is 1. The van der Waals surface area contributed by atoms with Gasteiger partial charge in [0.25, 0.3) is 0 Å². The van der Waals surface area contributed by atoms with Gasteiger partial charge < -0.3 is 4.74 Å². The summed E-state index contributed by atoms with van der Waals surface area (Å²) in [6.45, 7) is 1.71. The molecule has 0 aliphatic rings. The number of ether oxygens (including phenoxy) is 1. The first-order chi connectivity index (χ1) is 7.69. The Kier molecular flexibility index (Phi) is 4.16. The van der Waals surface area contributed by atoms with Crippen LogP contribution in [-0.4, -0.2) is 23.0 Å². The molecule has 0 amide bonds. The van der Waals surface area contributed by atoms with Gasteiger partial charge in [-0.05, 0) is 24.5 Å². The second-order valence-corrected chi connectivity index (χ2v) is 3.18. The van der Waals surface area contributed by atoms with E-state index < -0.39 is 5.97 Å². The summed E-state index contributed by atoms with van der Waals surface area (Å²) in [5.74, 6) is -0.614. The molecule has 0 radical (unpaired) electrons. The molecule has 0 aromatic carbocycles. The number of rotatable bonds is 3. The molecule has 0 saturated heterocycles. The maximum Gasteiger partial charge on any atom is 0.348 e. The minimum Gasteiger partial charge on any atom is -0.465 e. The SMILES string of the molecule is COC(=O)/C(C#N)=C(\C)Cc1cncnc1. The lowest BCUT2D eigenvalue weighted by molar-refractivity contribution is -0.135. The van der Waals surface area contributed by atoms with Gasteiger partial charge in [0.1, 0.15) is 18.0 Å². The van der Waals surface area contributed by atoms with Crippen LogP contribution >= 0.6 is 0 Å². The molecule has 0 bridgehead atoms. The predicted octanol–water partition coefficient (Wildman–Crippen LogP) is 1.03. The van der Waals surface area contributed by atoms with E-state index in [1.54, 1.807) is 19.3 Å². The van der Waals surface area contributed by atoms with Crippen molar-refractivity contribution < 1.29 is 9.53 Å². The highest BCUT2D eigenvalue weighted by molar-refractivity contribution is 5.93. The van der Waals surface area contributed by atoms with E-state index in [-0.39, 0.29) is 5.57 Å². The van der Waals surface area contributed by atoms with Gasteiger partial charge in [-0.25, -0.2) is 14.8 Å². The van der Waals surface area contributed by atoms with Crippen LogP contribution in [0.4, 0.5) is 0 Å². The smallest absolute Gasteiger partial charge is 0.348 e. The highest BCUT2D eigenvalue weighted by atomic mass is 16.5. The normalized spacial score (nSPS) is 11.3. The lowest BCUT2D eigenvalue weighted by Crippen LogP contribution is -2.06. The van der Waals surface area contributed by atoms with Gasteiger partial charge in [-0.15, -0.1) is 0 Å². The number of nitrogens with zero attached hydrogens (tertiary/aromatic N) is 3. The Balaban J connectivity index is 2.92. The Morgan fingerprint density at radius 1 is 1.50 bits per heavy atom. The maximum absolute atomic E-state index is 11.2. The van der Waals surface area contributed by atoms with Crippen molar-refractivity contribution >= 4 is 5.97 Å². The summed E-state index contributed by atoms with van der Waals surface area (Å²) in [7, 11) is 1.25. The van der Waals surface area contributed by atoms with Crippen LogP contribution in [-0.2, 0) is 16.0 Å². The van der Waals surface area contributed by atoms with Crippen LogP contribution in [0.1, 0.15) is 12.5 Å². The van der Waals surface area contributed by atoms with Crippen LogP contribution in [0.25, 0.3) is 0 Å². The van der Waals surface area contributed by atoms with E-state index in [1.807, 2.05) is 6.07 Å². The number of carbonyl (C=O) groups is 1. The Bertz CT molecular complexity index is 446. The fourth-order valence-electron chi connectivity index (χ4n) is 1.23. The minimum absolute atomic E-state index is 0.0337. The molecule has 16 heavy (non-hydrogen) atoms. The van der Waals surface area contributed by atoms with Crippen molar-refractivity contribution in [1.29, 1.82) is 5.26 Å². The molecule has 5 nitrogen and oxygen atoms in total. The van der Waals surface area contributed by atoms with E-state index in [0.717, 1.165) is 5.56 Å². The first kappa shape index (κ1) is 11.9. The molecule has 0 atom stereocenters. The summed E-state index contributed by atoms with van der Waals surface area (Å²) >= 11 is 0. The van der Waals surface area contributed by atoms with Gasteiger partial charge in [0.05, 0.1) is 7.11 Å². The highest BCUT2D eigenvalue weighted by Crippen LogP contribution is 2.11. The molecule has 0 aliphatic carbocycles. The molecule has 0 spiro atoms. The average Bonchev–Trinajstić information content (AvgIpc) is 2.31. The summed E-state index contributed by atoms with van der Waals surface area (Å²) in [5.41, 5.74) is 1.52. The van der Waals surface area contributed by atoms with Gasteiger partial charge in [0.15, 0.2) is 0 Å². The van der Waals surface area contributed by atoms with E-state index >= 15 is 0 Å². The zero-order valence-corrected chi connectivity index (χ0v) is 9.10. The predicted molar refractivity (Wildman–Crippen MR) is 56.1 cm³/mol. The summed E-state index contributed by atoms with van der Waals surface area (Å²) in [5, 5.41) is 8.84. The van der Waals surface area contributed by atoms with Gasteiger partial charge in [-0.1, -0.05) is 0 Å². The molecule has 0 fully saturated rings.